The molecule has 0 saturated heterocycles. The minimum Gasteiger partial charge on any atom is -0.467 e. The first kappa shape index (κ1) is 16.7. The van der Waals surface area contributed by atoms with Crippen LogP contribution in [0.3, 0.4) is 0 Å². The minimum absolute atomic E-state index is 0.0447. The number of rotatable bonds is 6. The van der Waals surface area contributed by atoms with Gasteiger partial charge in [-0.25, -0.2) is 4.79 Å². The molecule has 0 aliphatic carbocycles. The minimum atomic E-state index is -1.16. The van der Waals surface area contributed by atoms with E-state index in [4.69, 9.17) is 4.74 Å². The maximum Gasteiger partial charge on any atom is 0.329 e. The van der Waals surface area contributed by atoms with E-state index in [1.54, 1.807) is 19.1 Å². The summed E-state index contributed by atoms with van der Waals surface area (Å²) in [5.74, 6) is -2.38. The van der Waals surface area contributed by atoms with Crippen LogP contribution in [0.4, 0.5) is 0 Å². The molecule has 1 aliphatic heterocycles. The molecule has 1 aromatic rings. The highest BCUT2D eigenvalue weighted by Gasteiger charge is 2.43. The van der Waals surface area contributed by atoms with Crippen LogP contribution < -0.4 is 0 Å². The fourth-order valence-electron chi connectivity index (χ4n) is 2.47. The average molecular weight is 319 g/mol. The van der Waals surface area contributed by atoms with Crippen molar-refractivity contribution in [3.8, 4) is 0 Å². The summed E-state index contributed by atoms with van der Waals surface area (Å²) in [6.07, 6.45) is -0.141. The molecule has 0 spiro atoms. The van der Waals surface area contributed by atoms with Gasteiger partial charge in [-0.05, 0) is 25.5 Å². The molecule has 7 heteroatoms. The Morgan fingerprint density at radius 3 is 2.17 bits per heavy atom. The van der Waals surface area contributed by atoms with Gasteiger partial charge < -0.3 is 9.47 Å². The smallest absolute Gasteiger partial charge is 0.329 e. The molecule has 0 fully saturated rings. The van der Waals surface area contributed by atoms with Crippen molar-refractivity contribution in [3.63, 3.8) is 0 Å². The zero-order valence-electron chi connectivity index (χ0n) is 12.9. The summed E-state index contributed by atoms with van der Waals surface area (Å²) < 4.78 is 9.48. The van der Waals surface area contributed by atoms with Crippen LogP contribution in [0.2, 0.25) is 0 Å². The molecule has 2 amide bonds. The maximum atomic E-state index is 12.4. The lowest BCUT2D eigenvalue weighted by Gasteiger charge is -2.23. The van der Waals surface area contributed by atoms with Gasteiger partial charge in [-0.3, -0.25) is 19.3 Å². The van der Waals surface area contributed by atoms with Gasteiger partial charge in [0.05, 0.1) is 24.8 Å². The van der Waals surface area contributed by atoms with E-state index in [2.05, 4.69) is 4.74 Å². The Morgan fingerprint density at radius 1 is 1.13 bits per heavy atom. The molecular formula is C16H17NO6. The van der Waals surface area contributed by atoms with Crippen LogP contribution >= 0.6 is 0 Å². The molecule has 0 aromatic heterocycles. The highest BCUT2D eigenvalue weighted by molar-refractivity contribution is 6.22. The molecule has 0 saturated carbocycles. The summed E-state index contributed by atoms with van der Waals surface area (Å²) in [4.78, 5) is 49.2. The van der Waals surface area contributed by atoms with Crippen LogP contribution in [0, 0.1) is 0 Å². The fraction of sp³-hybridized carbons (Fsp3) is 0.375. The van der Waals surface area contributed by atoms with Gasteiger partial charge >= 0.3 is 11.9 Å². The lowest BCUT2D eigenvalue weighted by Crippen LogP contribution is -2.45. The third-order valence-corrected chi connectivity index (χ3v) is 3.54. The molecule has 1 heterocycles. The molecular weight excluding hydrogens is 302 g/mol. The number of fused-ring (bicyclic) bond motifs is 1. The lowest BCUT2D eigenvalue weighted by molar-refractivity contribution is -0.147. The number of methoxy groups -OCH3 is 1. The number of esters is 2. The Hall–Kier alpha value is -2.70. The van der Waals surface area contributed by atoms with E-state index in [9.17, 15) is 19.2 Å². The van der Waals surface area contributed by atoms with Gasteiger partial charge in [-0.2, -0.15) is 0 Å². The highest BCUT2D eigenvalue weighted by Crippen LogP contribution is 2.26. The predicted octanol–water partition coefficient (Wildman–Crippen LogP) is 1.17. The molecule has 2 rings (SSSR count). The van der Waals surface area contributed by atoms with Crippen molar-refractivity contribution in [3.05, 3.63) is 35.4 Å². The molecule has 122 valence electrons. The van der Waals surface area contributed by atoms with Gasteiger partial charge in [0, 0.05) is 6.42 Å². The van der Waals surface area contributed by atoms with Crippen LogP contribution in [0.25, 0.3) is 0 Å². The third-order valence-electron chi connectivity index (χ3n) is 3.54. The summed E-state index contributed by atoms with van der Waals surface area (Å²) in [5.41, 5.74) is 0.477. The Morgan fingerprint density at radius 2 is 1.70 bits per heavy atom. The second-order valence-corrected chi connectivity index (χ2v) is 4.91. The number of carbonyl (C=O) groups is 4. The van der Waals surface area contributed by atoms with Gasteiger partial charge in [0.15, 0.2) is 0 Å². The highest BCUT2D eigenvalue weighted by atomic mass is 16.5. The molecule has 7 nitrogen and oxygen atoms in total. The van der Waals surface area contributed by atoms with Gasteiger partial charge in [-0.15, -0.1) is 0 Å². The Kier molecular flexibility index (Phi) is 5.10. The average Bonchev–Trinajstić information content (AvgIpc) is 2.80. The summed E-state index contributed by atoms with van der Waals surface area (Å²) >= 11 is 0. The van der Waals surface area contributed by atoms with Gasteiger partial charge in [0.25, 0.3) is 11.8 Å². The van der Waals surface area contributed by atoms with Crippen LogP contribution in [-0.2, 0) is 19.1 Å². The number of hydrogen-bond donors (Lipinski definition) is 0. The van der Waals surface area contributed by atoms with Crippen molar-refractivity contribution < 1.29 is 28.7 Å². The van der Waals surface area contributed by atoms with Crippen LogP contribution in [0.1, 0.15) is 40.5 Å². The van der Waals surface area contributed by atoms with Crippen LogP contribution in [0.15, 0.2) is 24.3 Å². The van der Waals surface area contributed by atoms with Gasteiger partial charge in [0.2, 0.25) is 0 Å². The molecule has 1 aromatic carbocycles. The molecule has 1 atom stereocenters. The molecule has 0 bridgehead atoms. The largest absolute Gasteiger partial charge is 0.467 e. The second kappa shape index (κ2) is 7.04. The van der Waals surface area contributed by atoms with Crippen molar-refractivity contribution in [1.29, 1.82) is 0 Å². The van der Waals surface area contributed by atoms with Crippen LogP contribution in [-0.4, -0.2) is 48.4 Å². The summed E-state index contributed by atoms with van der Waals surface area (Å²) in [7, 11) is 1.16. The zero-order valence-corrected chi connectivity index (χ0v) is 12.9. The van der Waals surface area contributed by atoms with E-state index in [1.165, 1.54) is 12.1 Å². The van der Waals surface area contributed by atoms with Crippen molar-refractivity contribution in [2.45, 2.75) is 25.8 Å². The van der Waals surface area contributed by atoms with E-state index < -0.39 is 29.8 Å². The van der Waals surface area contributed by atoms with Crippen molar-refractivity contribution in [2.24, 2.45) is 0 Å². The number of carbonyl (C=O) groups excluding carboxylic acids is 4. The Bertz CT molecular complexity index is 619. The molecule has 23 heavy (non-hydrogen) atoms. The van der Waals surface area contributed by atoms with Crippen molar-refractivity contribution in [1.82, 2.24) is 4.90 Å². The quantitative estimate of drug-likeness (QED) is 0.577. The monoisotopic (exact) mass is 319 g/mol. The predicted molar refractivity (Wildman–Crippen MR) is 78.6 cm³/mol. The standard InChI is InChI=1S/C16H17NO6/c1-3-23-13(18)9-8-12(16(21)22-2)17-14(19)10-6-4-5-7-11(10)15(17)20/h4-7,12H,3,8-9H2,1-2H3. The van der Waals surface area contributed by atoms with E-state index in [0.717, 1.165) is 12.0 Å². The fourth-order valence-corrected chi connectivity index (χ4v) is 2.47. The SMILES string of the molecule is CCOC(=O)CCC(C(=O)OC)N1C(=O)c2ccccc2C1=O. The zero-order chi connectivity index (χ0) is 17.0. The van der Waals surface area contributed by atoms with Gasteiger partial charge in [-0.1, -0.05) is 12.1 Å². The van der Waals surface area contributed by atoms with Gasteiger partial charge in [0.1, 0.15) is 6.04 Å². The molecule has 1 aliphatic rings. The lowest BCUT2D eigenvalue weighted by atomic mass is 10.1. The normalized spacial score (nSPS) is 14.4. The number of ether oxygens (including phenoxy) is 2. The Labute approximate surface area is 133 Å². The number of imide groups is 1. The van der Waals surface area contributed by atoms with E-state index in [0.29, 0.717) is 0 Å². The first-order valence-corrected chi connectivity index (χ1v) is 7.21. The summed E-state index contributed by atoms with van der Waals surface area (Å²) in [6.45, 7) is 1.88. The first-order valence-electron chi connectivity index (χ1n) is 7.21. The Balaban J connectivity index is 2.23. The third kappa shape index (κ3) is 3.23. The number of nitrogens with zero attached hydrogens (tertiary/aromatic N) is 1. The van der Waals surface area contributed by atoms with Crippen molar-refractivity contribution in [2.75, 3.05) is 13.7 Å². The maximum absolute atomic E-state index is 12.4. The summed E-state index contributed by atoms with van der Waals surface area (Å²) in [6, 6.07) is 5.17. The van der Waals surface area contributed by atoms with E-state index in [1.807, 2.05) is 0 Å². The summed E-state index contributed by atoms with van der Waals surface area (Å²) in [5, 5.41) is 0. The van der Waals surface area contributed by atoms with E-state index >= 15 is 0 Å². The number of benzene rings is 1. The van der Waals surface area contributed by atoms with Crippen molar-refractivity contribution >= 4 is 23.8 Å². The second-order valence-electron chi connectivity index (χ2n) is 4.91. The van der Waals surface area contributed by atoms with E-state index in [-0.39, 0.29) is 30.6 Å². The topological polar surface area (TPSA) is 90.0 Å². The molecule has 0 radical (unpaired) electrons. The molecule has 1 unspecified atom stereocenters. The number of hydrogen-bond acceptors (Lipinski definition) is 6. The number of amides is 2. The first-order chi connectivity index (χ1) is 11.0. The van der Waals surface area contributed by atoms with Crippen LogP contribution in [0.5, 0.6) is 0 Å². The molecule has 0 N–H and O–H groups in total.